The van der Waals surface area contributed by atoms with Gasteiger partial charge in [0.05, 0.1) is 37.2 Å². The van der Waals surface area contributed by atoms with Gasteiger partial charge in [-0.05, 0) is 24.3 Å². The number of rotatable bonds is 3. The number of hydrogen-bond acceptors (Lipinski definition) is 1. The largest absolute Gasteiger partial charge is 0.360 e. The lowest BCUT2D eigenvalue weighted by molar-refractivity contribution is -0.922. The molecule has 0 atom stereocenters. The summed E-state index contributed by atoms with van der Waals surface area (Å²) in [6.45, 7) is 5.63. The van der Waals surface area contributed by atoms with Crippen molar-refractivity contribution in [2.75, 3.05) is 31.1 Å². The van der Waals surface area contributed by atoms with Crippen LogP contribution in [0.5, 0.6) is 0 Å². The molecule has 1 aliphatic rings. The van der Waals surface area contributed by atoms with E-state index in [0.717, 1.165) is 19.8 Å². The monoisotopic (exact) mass is 342 g/mol. The highest BCUT2D eigenvalue weighted by molar-refractivity contribution is 6.07. The van der Waals surface area contributed by atoms with Gasteiger partial charge in [-0.25, -0.2) is 0 Å². The molecule has 130 valence electrons. The van der Waals surface area contributed by atoms with Crippen molar-refractivity contribution in [2.24, 2.45) is 0 Å². The third kappa shape index (κ3) is 2.65. The van der Waals surface area contributed by atoms with Crippen LogP contribution in [0, 0.1) is 0 Å². The van der Waals surface area contributed by atoms with E-state index in [1.807, 2.05) is 0 Å². The van der Waals surface area contributed by atoms with Crippen molar-refractivity contribution >= 4 is 27.5 Å². The van der Waals surface area contributed by atoms with Gasteiger partial charge in [0.25, 0.3) is 0 Å². The predicted octanol–water partition coefficient (Wildman–Crippen LogP) is 3.16. The summed E-state index contributed by atoms with van der Waals surface area (Å²) in [4.78, 5) is 4.17. The molecule has 1 saturated heterocycles. The van der Waals surface area contributed by atoms with Gasteiger partial charge in [0.15, 0.2) is 6.67 Å². The Kier molecular flexibility index (Phi) is 3.87. The van der Waals surface area contributed by atoms with Crippen molar-refractivity contribution in [1.29, 1.82) is 0 Å². The molecule has 3 aromatic carbocycles. The van der Waals surface area contributed by atoms with Gasteiger partial charge in [0.2, 0.25) is 0 Å². The van der Waals surface area contributed by atoms with Crippen LogP contribution in [0.2, 0.25) is 0 Å². The lowest BCUT2D eigenvalue weighted by atomic mass is 10.2. The highest BCUT2D eigenvalue weighted by Crippen LogP contribution is 2.27. The Labute approximate surface area is 154 Å². The molecule has 0 saturated carbocycles. The molecule has 3 heteroatoms. The number of para-hydroxylation sites is 3. The molecule has 0 radical (unpaired) electrons. The second-order valence-electron chi connectivity index (χ2n) is 7.19. The number of hydrogen-bond donors (Lipinski definition) is 1. The minimum atomic E-state index is 1.04. The molecular weight excluding hydrogens is 318 g/mol. The number of quaternary nitrogens is 1. The highest BCUT2D eigenvalue weighted by atomic mass is 15.3. The number of anilines is 1. The normalized spacial score (nSPS) is 15.8. The van der Waals surface area contributed by atoms with E-state index >= 15 is 0 Å². The molecule has 0 bridgehead atoms. The van der Waals surface area contributed by atoms with E-state index in [-0.39, 0.29) is 0 Å². The van der Waals surface area contributed by atoms with E-state index in [0.29, 0.717) is 0 Å². The van der Waals surface area contributed by atoms with Gasteiger partial charge in [-0.2, -0.15) is 0 Å². The summed E-state index contributed by atoms with van der Waals surface area (Å²) in [5.74, 6) is 0. The fourth-order valence-corrected chi connectivity index (χ4v) is 4.28. The first kappa shape index (κ1) is 15.5. The smallest absolute Gasteiger partial charge is 0.157 e. The Balaban J connectivity index is 1.40. The molecule has 1 aliphatic heterocycles. The molecular formula is C23H24N3+. The number of piperazine rings is 1. The van der Waals surface area contributed by atoms with Crippen LogP contribution in [-0.4, -0.2) is 30.7 Å². The number of nitrogens with one attached hydrogen (secondary N) is 1. The van der Waals surface area contributed by atoms with E-state index in [2.05, 4.69) is 88.3 Å². The van der Waals surface area contributed by atoms with Crippen LogP contribution in [-0.2, 0) is 6.67 Å². The fraction of sp³-hybridized carbons (Fsp3) is 0.217. The number of nitrogens with zero attached hydrogens (tertiary/aromatic N) is 2. The molecule has 0 unspecified atom stereocenters. The molecule has 0 amide bonds. The lowest BCUT2D eigenvalue weighted by Crippen LogP contribution is -3.14. The van der Waals surface area contributed by atoms with E-state index in [1.54, 1.807) is 4.90 Å². The van der Waals surface area contributed by atoms with Crippen LogP contribution in [0.15, 0.2) is 78.9 Å². The summed E-state index contributed by atoms with van der Waals surface area (Å²) in [6.07, 6.45) is 0. The van der Waals surface area contributed by atoms with Crippen LogP contribution in [0.4, 0.5) is 5.69 Å². The van der Waals surface area contributed by atoms with E-state index < -0.39 is 0 Å². The quantitative estimate of drug-likeness (QED) is 0.603. The van der Waals surface area contributed by atoms with Crippen LogP contribution in [0.1, 0.15) is 0 Å². The minimum Gasteiger partial charge on any atom is -0.360 e. The van der Waals surface area contributed by atoms with Gasteiger partial charge in [-0.1, -0.05) is 54.6 Å². The molecule has 1 N–H and O–H groups in total. The minimum absolute atomic E-state index is 1.04. The van der Waals surface area contributed by atoms with Crippen molar-refractivity contribution in [3.8, 4) is 0 Å². The van der Waals surface area contributed by atoms with Gasteiger partial charge in [0, 0.05) is 16.5 Å². The maximum Gasteiger partial charge on any atom is 0.157 e. The maximum atomic E-state index is 2.51. The zero-order valence-electron chi connectivity index (χ0n) is 14.9. The number of benzene rings is 3. The van der Waals surface area contributed by atoms with Gasteiger partial charge in [-0.3, -0.25) is 4.57 Å². The van der Waals surface area contributed by atoms with Crippen LogP contribution in [0.25, 0.3) is 21.8 Å². The molecule has 5 rings (SSSR count). The summed E-state index contributed by atoms with van der Waals surface area (Å²) in [5.41, 5.74) is 4.06. The van der Waals surface area contributed by atoms with Crippen molar-refractivity contribution in [2.45, 2.75) is 6.67 Å². The first-order valence-electron chi connectivity index (χ1n) is 9.50. The summed E-state index contributed by atoms with van der Waals surface area (Å²) in [7, 11) is 0. The SMILES string of the molecule is c1ccc(N2CC[NH+](Cn3c4ccccc4c4ccccc43)CC2)cc1. The summed E-state index contributed by atoms with van der Waals surface area (Å²) in [5, 5.41) is 2.73. The van der Waals surface area contributed by atoms with Crippen LogP contribution >= 0.6 is 0 Å². The van der Waals surface area contributed by atoms with Crippen molar-refractivity contribution in [3.63, 3.8) is 0 Å². The number of fused-ring (bicyclic) bond motifs is 3. The molecule has 4 aromatic rings. The molecule has 0 aliphatic carbocycles. The zero-order valence-corrected chi connectivity index (χ0v) is 14.9. The van der Waals surface area contributed by atoms with Crippen molar-refractivity contribution in [1.82, 2.24) is 4.57 Å². The Hall–Kier alpha value is -2.78. The molecule has 2 heterocycles. The molecule has 0 spiro atoms. The first-order chi connectivity index (χ1) is 12.9. The third-order valence-corrected chi connectivity index (χ3v) is 5.65. The van der Waals surface area contributed by atoms with Gasteiger partial charge < -0.3 is 9.80 Å². The maximum absolute atomic E-state index is 2.51. The summed E-state index contributed by atoms with van der Waals surface area (Å²) < 4.78 is 2.51. The van der Waals surface area contributed by atoms with Crippen LogP contribution < -0.4 is 9.80 Å². The Morgan fingerprint density at radius 3 is 1.81 bits per heavy atom. The number of aromatic nitrogens is 1. The van der Waals surface area contributed by atoms with Gasteiger partial charge in [-0.15, -0.1) is 0 Å². The van der Waals surface area contributed by atoms with E-state index in [9.17, 15) is 0 Å². The molecule has 1 fully saturated rings. The van der Waals surface area contributed by atoms with Crippen LogP contribution in [0.3, 0.4) is 0 Å². The summed E-state index contributed by atoms with van der Waals surface area (Å²) in [6, 6.07) is 28.4. The molecule has 3 nitrogen and oxygen atoms in total. The first-order valence-corrected chi connectivity index (χ1v) is 9.50. The average Bonchev–Trinajstić information content (AvgIpc) is 3.04. The standard InChI is InChI=1S/C23H23N3/c1-2-8-19(9-3-1)25-16-14-24(15-17-25)18-26-22-12-6-4-10-20(22)21-11-5-7-13-23(21)26/h1-13H,14-18H2/p+1. The second-order valence-corrected chi connectivity index (χ2v) is 7.19. The highest BCUT2D eigenvalue weighted by Gasteiger charge is 2.21. The van der Waals surface area contributed by atoms with Gasteiger partial charge in [0.1, 0.15) is 0 Å². The van der Waals surface area contributed by atoms with E-state index in [1.165, 1.54) is 40.6 Å². The van der Waals surface area contributed by atoms with Gasteiger partial charge >= 0.3 is 0 Å². The Bertz CT molecular complexity index is 974. The van der Waals surface area contributed by atoms with E-state index in [4.69, 9.17) is 0 Å². The molecule has 1 aromatic heterocycles. The van der Waals surface area contributed by atoms with Crippen molar-refractivity contribution < 1.29 is 4.90 Å². The van der Waals surface area contributed by atoms with Crippen molar-refractivity contribution in [3.05, 3.63) is 78.9 Å². The Morgan fingerprint density at radius 2 is 1.19 bits per heavy atom. The topological polar surface area (TPSA) is 12.6 Å². The fourth-order valence-electron chi connectivity index (χ4n) is 4.28. The average molecular weight is 342 g/mol. The Morgan fingerprint density at radius 1 is 0.654 bits per heavy atom. The summed E-state index contributed by atoms with van der Waals surface area (Å²) >= 11 is 0. The zero-order chi connectivity index (χ0) is 17.3. The third-order valence-electron chi connectivity index (χ3n) is 5.65. The lowest BCUT2D eigenvalue weighted by Gasteiger charge is -2.34. The second kappa shape index (κ2) is 6.50. The predicted molar refractivity (Wildman–Crippen MR) is 109 cm³/mol. The molecule has 26 heavy (non-hydrogen) atoms.